The van der Waals surface area contributed by atoms with Crippen molar-refractivity contribution < 1.29 is 9.53 Å². The fraction of sp³-hybridized carbons (Fsp3) is 0.0909. The molecule has 0 radical (unpaired) electrons. The minimum atomic E-state index is -0.371. The van der Waals surface area contributed by atoms with Gasteiger partial charge in [-0.2, -0.15) is 5.10 Å². The highest BCUT2D eigenvalue weighted by Gasteiger charge is 2.07. The molecule has 0 atom stereocenters. The maximum atomic E-state index is 11.2. The van der Waals surface area contributed by atoms with Gasteiger partial charge in [0.1, 0.15) is 5.75 Å². The third-order valence-corrected chi connectivity index (χ3v) is 2.31. The van der Waals surface area contributed by atoms with Crippen LogP contribution in [-0.2, 0) is 0 Å². The van der Waals surface area contributed by atoms with Crippen LogP contribution in [0.4, 0.5) is 0 Å². The zero-order valence-electron chi connectivity index (χ0n) is 9.25. The Bertz CT molecular complexity index is 519. The summed E-state index contributed by atoms with van der Waals surface area (Å²) in [5, 5.41) is 4.07. The monoisotopic (exact) mass is 232 g/mol. The Hall–Kier alpha value is -2.34. The second-order valence-electron chi connectivity index (χ2n) is 3.35. The molecule has 1 heterocycles. The fourth-order valence-electron chi connectivity index (χ4n) is 1.40. The number of methoxy groups -OCH3 is 1. The van der Waals surface area contributed by atoms with Crippen LogP contribution in [-0.4, -0.2) is 22.8 Å². The fourth-order valence-corrected chi connectivity index (χ4v) is 1.40. The summed E-state index contributed by atoms with van der Waals surface area (Å²) in [6.45, 7) is 0. The van der Waals surface area contributed by atoms with Gasteiger partial charge < -0.3 is 4.74 Å². The smallest absolute Gasteiger partial charge is 0.268 e. The van der Waals surface area contributed by atoms with E-state index in [1.165, 1.54) is 6.20 Å². The van der Waals surface area contributed by atoms with E-state index in [-0.39, 0.29) is 5.91 Å². The molecule has 17 heavy (non-hydrogen) atoms. The maximum absolute atomic E-state index is 11.2. The highest BCUT2D eigenvalue weighted by molar-refractivity contribution is 5.93. The van der Waals surface area contributed by atoms with Crippen LogP contribution in [0, 0.1) is 0 Å². The summed E-state index contributed by atoms with van der Waals surface area (Å²) < 4.78 is 6.64. The van der Waals surface area contributed by atoms with Gasteiger partial charge in [-0.15, -0.1) is 0 Å². The minimum Gasteiger partial charge on any atom is -0.497 e. The second-order valence-corrected chi connectivity index (χ2v) is 3.35. The Balaban J connectivity index is 2.27. The molecule has 0 spiro atoms. The highest BCUT2D eigenvalue weighted by atomic mass is 16.5. The zero-order valence-corrected chi connectivity index (χ0v) is 9.25. The number of hydrogen-bond donors (Lipinski definition) is 2. The van der Waals surface area contributed by atoms with Crippen molar-refractivity contribution >= 4 is 5.91 Å². The van der Waals surface area contributed by atoms with Crippen molar-refractivity contribution in [1.29, 1.82) is 0 Å². The summed E-state index contributed by atoms with van der Waals surface area (Å²) in [5.41, 5.74) is 3.29. The van der Waals surface area contributed by atoms with Crippen molar-refractivity contribution in [2.45, 2.75) is 0 Å². The lowest BCUT2D eigenvalue weighted by molar-refractivity contribution is 0.0953. The normalized spacial score (nSPS) is 10.0. The molecule has 0 aliphatic carbocycles. The summed E-state index contributed by atoms with van der Waals surface area (Å²) in [5.74, 6) is 5.43. The first kappa shape index (κ1) is 11.2. The number of aromatic nitrogens is 2. The van der Waals surface area contributed by atoms with Gasteiger partial charge in [-0.05, 0) is 24.3 Å². The number of nitrogens with two attached hydrogens (primary N) is 1. The molecule has 0 aliphatic rings. The van der Waals surface area contributed by atoms with Crippen LogP contribution < -0.4 is 16.0 Å². The Morgan fingerprint density at radius 2 is 2.12 bits per heavy atom. The van der Waals surface area contributed by atoms with Crippen LogP contribution in [0.25, 0.3) is 5.69 Å². The molecular weight excluding hydrogens is 220 g/mol. The molecule has 1 aromatic carbocycles. The molecule has 1 amide bonds. The number of rotatable bonds is 3. The number of nitrogens with one attached hydrogen (secondary N) is 1. The Morgan fingerprint density at radius 3 is 2.71 bits per heavy atom. The highest BCUT2D eigenvalue weighted by Crippen LogP contribution is 2.14. The SMILES string of the molecule is COc1ccc(-n2cc(C(=O)NN)cn2)cc1. The van der Waals surface area contributed by atoms with Crippen LogP contribution in [0.2, 0.25) is 0 Å². The third kappa shape index (κ3) is 2.26. The van der Waals surface area contributed by atoms with Gasteiger partial charge in [-0.1, -0.05) is 0 Å². The molecular formula is C11H12N4O2. The van der Waals surface area contributed by atoms with E-state index in [1.54, 1.807) is 18.0 Å². The summed E-state index contributed by atoms with van der Waals surface area (Å²) in [4.78, 5) is 11.2. The number of hydrogen-bond acceptors (Lipinski definition) is 4. The summed E-state index contributed by atoms with van der Waals surface area (Å²) in [7, 11) is 1.60. The first-order valence-corrected chi connectivity index (χ1v) is 4.94. The van der Waals surface area contributed by atoms with Crippen molar-refractivity contribution in [1.82, 2.24) is 15.2 Å². The topological polar surface area (TPSA) is 82.2 Å². The van der Waals surface area contributed by atoms with Gasteiger partial charge in [0, 0.05) is 6.20 Å². The van der Waals surface area contributed by atoms with Gasteiger partial charge in [0.15, 0.2) is 0 Å². The third-order valence-electron chi connectivity index (χ3n) is 2.31. The number of carbonyl (C=O) groups excluding carboxylic acids is 1. The van der Waals surface area contributed by atoms with Gasteiger partial charge in [-0.3, -0.25) is 10.2 Å². The molecule has 0 saturated carbocycles. The van der Waals surface area contributed by atoms with Crippen LogP contribution in [0.15, 0.2) is 36.7 Å². The van der Waals surface area contributed by atoms with Crippen LogP contribution in [0.5, 0.6) is 5.75 Å². The van der Waals surface area contributed by atoms with Gasteiger partial charge in [0.05, 0.1) is 24.6 Å². The van der Waals surface area contributed by atoms with Crippen LogP contribution >= 0.6 is 0 Å². The van der Waals surface area contributed by atoms with Crippen molar-refractivity contribution in [3.05, 3.63) is 42.2 Å². The van der Waals surface area contributed by atoms with E-state index in [0.29, 0.717) is 5.56 Å². The predicted molar refractivity (Wildman–Crippen MR) is 61.8 cm³/mol. The molecule has 6 heteroatoms. The number of carbonyl (C=O) groups is 1. The number of nitrogen functional groups attached to an aromatic ring is 1. The van der Waals surface area contributed by atoms with Gasteiger partial charge in [-0.25, -0.2) is 10.5 Å². The lowest BCUT2D eigenvalue weighted by Gasteiger charge is -2.02. The standard InChI is InChI=1S/C11H12N4O2/c1-17-10-4-2-9(3-5-10)15-7-8(6-13-15)11(16)14-12/h2-7H,12H2,1H3,(H,14,16). The predicted octanol–water partition coefficient (Wildman–Crippen LogP) is 0.484. The number of amides is 1. The average Bonchev–Trinajstić information content (AvgIpc) is 2.87. The van der Waals surface area contributed by atoms with Crippen LogP contribution in [0.3, 0.4) is 0 Å². The molecule has 6 nitrogen and oxygen atoms in total. The molecule has 1 aromatic heterocycles. The molecule has 2 rings (SSSR count). The number of ether oxygens (including phenoxy) is 1. The second kappa shape index (κ2) is 4.67. The van der Waals surface area contributed by atoms with E-state index in [9.17, 15) is 4.79 Å². The molecule has 88 valence electrons. The first-order valence-electron chi connectivity index (χ1n) is 4.94. The summed E-state index contributed by atoms with van der Waals surface area (Å²) >= 11 is 0. The molecule has 3 N–H and O–H groups in total. The molecule has 0 bridgehead atoms. The van der Waals surface area contributed by atoms with E-state index in [1.807, 2.05) is 24.3 Å². The van der Waals surface area contributed by atoms with E-state index < -0.39 is 0 Å². The Kier molecular flexibility index (Phi) is 3.06. The first-order chi connectivity index (χ1) is 8.24. The van der Waals surface area contributed by atoms with E-state index in [4.69, 9.17) is 10.6 Å². The van der Waals surface area contributed by atoms with Crippen molar-refractivity contribution in [2.75, 3.05) is 7.11 Å². The molecule has 2 aromatic rings. The molecule has 0 aliphatic heterocycles. The maximum Gasteiger partial charge on any atom is 0.268 e. The van der Waals surface area contributed by atoms with Gasteiger partial charge in [0.25, 0.3) is 5.91 Å². The Morgan fingerprint density at radius 1 is 1.41 bits per heavy atom. The number of nitrogens with zero attached hydrogens (tertiary/aromatic N) is 2. The van der Waals surface area contributed by atoms with Crippen molar-refractivity contribution in [3.8, 4) is 11.4 Å². The summed E-state index contributed by atoms with van der Waals surface area (Å²) in [6.07, 6.45) is 3.05. The molecule has 0 fully saturated rings. The number of benzene rings is 1. The number of hydrazine groups is 1. The van der Waals surface area contributed by atoms with Crippen molar-refractivity contribution in [2.24, 2.45) is 5.84 Å². The average molecular weight is 232 g/mol. The lowest BCUT2D eigenvalue weighted by atomic mass is 10.3. The van der Waals surface area contributed by atoms with E-state index >= 15 is 0 Å². The molecule has 0 saturated heterocycles. The van der Waals surface area contributed by atoms with Crippen LogP contribution in [0.1, 0.15) is 10.4 Å². The largest absolute Gasteiger partial charge is 0.497 e. The zero-order chi connectivity index (χ0) is 12.3. The van der Waals surface area contributed by atoms with E-state index in [2.05, 4.69) is 10.5 Å². The lowest BCUT2D eigenvalue weighted by Crippen LogP contribution is -2.29. The Labute approximate surface area is 98.0 Å². The minimum absolute atomic E-state index is 0.371. The van der Waals surface area contributed by atoms with Crippen molar-refractivity contribution in [3.63, 3.8) is 0 Å². The van der Waals surface area contributed by atoms with Gasteiger partial charge >= 0.3 is 0 Å². The summed E-state index contributed by atoms with van der Waals surface area (Å²) in [6, 6.07) is 7.32. The van der Waals surface area contributed by atoms with E-state index in [0.717, 1.165) is 11.4 Å². The molecule has 0 unspecified atom stereocenters. The van der Waals surface area contributed by atoms with Gasteiger partial charge in [0.2, 0.25) is 0 Å². The quantitative estimate of drug-likeness (QED) is 0.458.